The van der Waals surface area contributed by atoms with Crippen LogP contribution in [0.15, 0.2) is 22.0 Å². The van der Waals surface area contributed by atoms with Gasteiger partial charge in [0, 0.05) is 16.9 Å². The summed E-state index contributed by atoms with van der Waals surface area (Å²) >= 11 is 1.32. The summed E-state index contributed by atoms with van der Waals surface area (Å²) in [6.45, 7) is 7.29. The molecule has 0 bridgehead atoms. The summed E-state index contributed by atoms with van der Waals surface area (Å²) < 4.78 is 15.7. The number of nitrogens with zero attached hydrogens (tertiary/aromatic N) is 1. The number of rotatable bonds is 7. The maximum absolute atomic E-state index is 12.9. The van der Waals surface area contributed by atoms with Crippen LogP contribution in [0, 0.1) is 13.8 Å². The van der Waals surface area contributed by atoms with E-state index in [1.807, 2.05) is 5.38 Å². The molecule has 7 heteroatoms. The Hall–Kier alpha value is -2.15. The van der Waals surface area contributed by atoms with Crippen LogP contribution in [0.3, 0.4) is 0 Å². The molecule has 0 N–H and O–H groups in total. The number of carbonyl (C=O) groups is 2. The van der Waals surface area contributed by atoms with E-state index in [1.54, 1.807) is 39.8 Å². The Morgan fingerprint density at radius 2 is 1.83 bits per heavy atom. The topological polar surface area (TPSA) is 78.6 Å². The maximum Gasteiger partial charge on any atom is 0.329 e. The first kappa shape index (κ1) is 18.2. The minimum atomic E-state index is -1.55. The standard InChI is InChI=1S/C17H21NO5S/c1-5-21-15(19)17(16(20)22-6-2,14-8-7-9-24-14)10-13-11(3)18-23-12(13)4/h7-9H,5-6,10H2,1-4H3. The van der Waals surface area contributed by atoms with E-state index in [4.69, 9.17) is 14.0 Å². The molecule has 2 heterocycles. The van der Waals surface area contributed by atoms with Crippen molar-refractivity contribution in [2.24, 2.45) is 0 Å². The summed E-state index contributed by atoms with van der Waals surface area (Å²) in [7, 11) is 0. The lowest BCUT2D eigenvalue weighted by molar-refractivity contribution is -0.164. The fourth-order valence-corrected chi connectivity index (χ4v) is 3.47. The van der Waals surface area contributed by atoms with Crippen LogP contribution in [-0.2, 0) is 30.9 Å². The van der Waals surface area contributed by atoms with Crippen molar-refractivity contribution in [3.05, 3.63) is 39.4 Å². The fourth-order valence-electron chi connectivity index (χ4n) is 2.57. The highest BCUT2D eigenvalue weighted by molar-refractivity contribution is 7.10. The van der Waals surface area contributed by atoms with E-state index >= 15 is 0 Å². The van der Waals surface area contributed by atoms with Gasteiger partial charge in [0.2, 0.25) is 5.41 Å². The molecule has 0 atom stereocenters. The minimum Gasteiger partial charge on any atom is -0.465 e. The van der Waals surface area contributed by atoms with Crippen molar-refractivity contribution in [2.45, 2.75) is 39.5 Å². The normalized spacial score (nSPS) is 11.3. The Bertz CT molecular complexity index is 667. The SMILES string of the molecule is CCOC(=O)C(Cc1c(C)noc1C)(C(=O)OCC)c1cccs1. The molecule has 24 heavy (non-hydrogen) atoms. The lowest BCUT2D eigenvalue weighted by atomic mass is 9.79. The maximum atomic E-state index is 12.9. The van der Waals surface area contributed by atoms with E-state index in [0.717, 1.165) is 0 Å². The highest BCUT2D eigenvalue weighted by atomic mass is 32.1. The molecular weight excluding hydrogens is 330 g/mol. The molecule has 0 saturated carbocycles. The third-order valence-electron chi connectivity index (χ3n) is 3.81. The van der Waals surface area contributed by atoms with E-state index in [1.165, 1.54) is 11.3 Å². The van der Waals surface area contributed by atoms with Crippen LogP contribution >= 0.6 is 11.3 Å². The Morgan fingerprint density at radius 1 is 1.21 bits per heavy atom. The van der Waals surface area contributed by atoms with Gasteiger partial charge >= 0.3 is 11.9 Å². The van der Waals surface area contributed by atoms with E-state index in [-0.39, 0.29) is 19.6 Å². The number of esters is 2. The van der Waals surface area contributed by atoms with Gasteiger partial charge in [-0.05, 0) is 39.1 Å². The third kappa shape index (κ3) is 3.21. The summed E-state index contributed by atoms with van der Waals surface area (Å²) in [4.78, 5) is 26.3. The quantitative estimate of drug-likeness (QED) is 0.564. The molecule has 0 spiro atoms. The molecule has 2 rings (SSSR count). The molecule has 0 aliphatic heterocycles. The first-order valence-corrected chi connectivity index (χ1v) is 8.65. The first-order valence-electron chi connectivity index (χ1n) is 7.77. The molecule has 2 aromatic heterocycles. The number of hydrogen-bond acceptors (Lipinski definition) is 7. The van der Waals surface area contributed by atoms with Gasteiger partial charge in [-0.15, -0.1) is 11.3 Å². The van der Waals surface area contributed by atoms with Crippen molar-refractivity contribution in [1.29, 1.82) is 0 Å². The van der Waals surface area contributed by atoms with Crippen molar-refractivity contribution in [2.75, 3.05) is 13.2 Å². The van der Waals surface area contributed by atoms with Crippen LogP contribution in [0.5, 0.6) is 0 Å². The predicted molar refractivity (Wildman–Crippen MR) is 88.9 cm³/mol. The van der Waals surface area contributed by atoms with E-state index in [9.17, 15) is 9.59 Å². The van der Waals surface area contributed by atoms with Gasteiger partial charge < -0.3 is 14.0 Å². The Balaban J connectivity index is 2.61. The Kier molecular flexibility index (Phi) is 5.77. The number of aryl methyl sites for hydroxylation is 2. The second-order valence-electron chi connectivity index (χ2n) is 5.30. The van der Waals surface area contributed by atoms with Crippen LogP contribution in [0.1, 0.15) is 35.7 Å². The van der Waals surface area contributed by atoms with Crippen LogP contribution in [0.4, 0.5) is 0 Å². The Morgan fingerprint density at radius 3 is 2.25 bits per heavy atom. The zero-order valence-corrected chi connectivity index (χ0v) is 15.1. The van der Waals surface area contributed by atoms with Crippen LogP contribution in [0.2, 0.25) is 0 Å². The molecule has 0 fully saturated rings. The molecule has 0 aromatic carbocycles. The fraction of sp³-hybridized carbons (Fsp3) is 0.471. The molecular formula is C17H21NO5S. The second kappa shape index (κ2) is 7.61. The van der Waals surface area contributed by atoms with Crippen LogP contribution < -0.4 is 0 Å². The zero-order chi connectivity index (χ0) is 17.7. The number of aromatic nitrogens is 1. The van der Waals surface area contributed by atoms with Crippen molar-refractivity contribution in [3.8, 4) is 0 Å². The molecule has 2 aromatic rings. The Labute approximate surface area is 144 Å². The summed E-state index contributed by atoms with van der Waals surface area (Å²) in [5.41, 5.74) is -0.201. The summed E-state index contributed by atoms with van der Waals surface area (Å²) in [6, 6.07) is 3.54. The van der Waals surface area contributed by atoms with Gasteiger partial charge in [-0.1, -0.05) is 11.2 Å². The number of thiophene rings is 1. The van der Waals surface area contributed by atoms with Crippen LogP contribution in [-0.4, -0.2) is 30.3 Å². The second-order valence-corrected chi connectivity index (χ2v) is 6.25. The molecule has 6 nitrogen and oxygen atoms in total. The van der Waals surface area contributed by atoms with Gasteiger partial charge in [0.05, 0.1) is 18.9 Å². The average molecular weight is 351 g/mol. The molecule has 0 amide bonds. The molecule has 0 aliphatic rings. The van der Waals surface area contributed by atoms with Crippen molar-refractivity contribution in [1.82, 2.24) is 5.16 Å². The van der Waals surface area contributed by atoms with Gasteiger partial charge in [0.25, 0.3) is 0 Å². The molecule has 130 valence electrons. The lowest BCUT2D eigenvalue weighted by Gasteiger charge is -2.28. The van der Waals surface area contributed by atoms with Gasteiger partial charge in [-0.25, -0.2) is 0 Å². The molecule has 0 unspecified atom stereocenters. The largest absolute Gasteiger partial charge is 0.465 e. The average Bonchev–Trinajstić information content (AvgIpc) is 3.17. The highest BCUT2D eigenvalue weighted by Crippen LogP contribution is 2.36. The molecule has 0 radical (unpaired) electrons. The monoisotopic (exact) mass is 351 g/mol. The summed E-state index contributed by atoms with van der Waals surface area (Å²) in [6.07, 6.45) is 0.0896. The summed E-state index contributed by atoms with van der Waals surface area (Å²) in [5.74, 6) is -0.668. The van der Waals surface area contributed by atoms with Crippen molar-refractivity contribution in [3.63, 3.8) is 0 Å². The first-order chi connectivity index (χ1) is 11.5. The van der Waals surface area contributed by atoms with Crippen LogP contribution in [0.25, 0.3) is 0 Å². The summed E-state index contributed by atoms with van der Waals surface area (Å²) in [5, 5.41) is 5.73. The van der Waals surface area contributed by atoms with Gasteiger partial charge in [-0.2, -0.15) is 0 Å². The zero-order valence-electron chi connectivity index (χ0n) is 14.3. The highest BCUT2D eigenvalue weighted by Gasteiger charge is 2.52. The van der Waals surface area contributed by atoms with Gasteiger partial charge in [-0.3, -0.25) is 9.59 Å². The predicted octanol–water partition coefficient (Wildman–Crippen LogP) is 2.96. The van der Waals surface area contributed by atoms with Crippen molar-refractivity contribution < 1.29 is 23.6 Å². The number of ether oxygens (including phenoxy) is 2. The smallest absolute Gasteiger partial charge is 0.329 e. The van der Waals surface area contributed by atoms with Crippen molar-refractivity contribution >= 4 is 23.3 Å². The number of hydrogen-bond donors (Lipinski definition) is 0. The molecule has 0 aliphatic carbocycles. The third-order valence-corrected chi connectivity index (χ3v) is 4.84. The van der Waals surface area contributed by atoms with E-state index in [0.29, 0.717) is 21.9 Å². The number of carbonyl (C=O) groups excluding carboxylic acids is 2. The van der Waals surface area contributed by atoms with Gasteiger partial charge in [0.1, 0.15) is 5.76 Å². The minimum absolute atomic E-state index is 0.0896. The lowest BCUT2D eigenvalue weighted by Crippen LogP contribution is -2.47. The molecule has 0 saturated heterocycles. The van der Waals surface area contributed by atoms with E-state index < -0.39 is 17.4 Å². The van der Waals surface area contributed by atoms with E-state index in [2.05, 4.69) is 5.16 Å². The van der Waals surface area contributed by atoms with Gasteiger partial charge in [0.15, 0.2) is 0 Å².